The number of hydrogen-bond donors (Lipinski definition) is 2. The zero-order valence-electron chi connectivity index (χ0n) is 9.38. The Morgan fingerprint density at radius 1 is 1.53 bits per heavy atom. The number of aryl methyl sites for hydroxylation is 1. The van der Waals surface area contributed by atoms with Crippen LogP contribution >= 0.6 is 27.3 Å². The van der Waals surface area contributed by atoms with Gasteiger partial charge in [-0.25, -0.2) is 0 Å². The quantitative estimate of drug-likeness (QED) is 0.874. The SMILES string of the molecule is Cc1cc(CN[C@H](CO)C(C)C)sc1Br. The number of halogens is 1. The summed E-state index contributed by atoms with van der Waals surface area (Å²) >= 11 is 5.26. The minimum atomic E-state index is 0.186. The Morgan fingerprint density at radius 2 is 2.20 bits per heavy atom. The minimum Gasteiger partial charge on any atom is -0.395 e. The van der Waals surface area contributed by atoms with E-state index in [1.54, 1.807) is 11.3 Å². The Kier molecular flexibility index (Phi) is 5.26. The standard InChI is InChI=1S/C11H18BrNOS/c1-7(2)10(6-14)13-5-9-4-8(3)11(12)15-9/h4,7,10,13-14H,5-6H2,1-3H3/t10-/m1/s1. The predicted octanol–water partition coefficient (Wildman–Crippen LogP) is 2.93. The fourth-order valence-electron chi connectivity index (χ4n) is 1.35. The topological polar surface area (TPSA) is 32.3 Å². The smallest absolute Gasteiger partial charge is 0.0730 e. The van der Waals surface area contributed by atoms with Crippen LogP contribution in [0.2, 0.25) is 0 Å². The molecular formula is C11H18BrNOS. The lowest BCUT2D eigenvalue weighted by atomic mass is 10.1. The maximum atomic E-state index is 9.17. The van der Waals surface area contributed by atoms with Crippen LogP contribution < -0.4 is 5.32 Å². The molecule has 0 aromatic carbocycles. The molecule has 1 aromatic rings. The molecule has 0 spiro atoms. The summed E-state index contributed by atoms with van der Waals surface area (Å²) in [5.74, 6) is 0.458. The van der Waals surface area contributed by atoms with Crippen molar-refractivity contribution in [1.82, 2.24) is 5.32 Å². The molecule has 0 saturated carbocycles. The predicted molar refractivity (Wildman–Crippen MR) is 69.3 cm³/mol. The fraction of sp³-hybridized carbons (Fsp3) is 0.636. The Hall–Kier alpha value is 0.100. The van der Waals surface area contributed by atoms with Gasteiger partial charge in [0, 0.05) is 17.5 Å². The first-order valence-electron chi connectivity index (χ1n) is 5.13. The van der Waals surface area contributed by atoms with E-state index in [2.05, 4.69) is 48.1 Å². The lowest BCUT2D eigenvalue weighted by molar-refractivity contribution is 0.210. The molecule has 0 fully saturated rings. The summed E-state index contributed by atoms with van der Waals surface area (Å²) in [6.45, 7) is 7.35. The van der Waals surface area contributed by atoms with Crippen molar-refractivity contribution in [3.05, 3.63) is 20.3 Å². The molecule has 0 aliphatic carbocycles. The van der Waals surface area contributed by atoms with Crippen LogP contribution in [0.1, 0.15) is 24.3 Å². The summed E-state index contributed by atoms with van der Waals surface area (Å²) in [5, 5.41) is 12.5. The lowest BCUT2D eigenvalue weighted by Crippen LogP contribution is -2.36. The zero-order chi connectivity index (χ0) is 11.4. The normalized spacial score (nSPS) is 13.5. The highest BCUT2D eigenvalue weighted by molar-refractivity contribution is 9.11. The van der Waals surface area contributed by atoms with Gasteiger partial charge in [-0.05, 0) is 40.4 Å². The monoisotopic (exact) mass is 291 g/mol. The van der Waals surface area contributed by atoms with Gasteiger partial charge in [-0.2, -0.15) is 0 Å². The van der Waals surface area contributed by atoms with Gasteiger partial charge in [-0.3, -0.25) is 0 Å². The summed E-state index contributed by atoms with van der Waals surface area (Å²) in [4.78, 5) is 1.30. The average molecular weight is 292 g/mol. The van der Waals surface area contributed by atoms with Crippen LogP contribution in [0.3, 0.4) is 0 Å². The molecule has 4 heteroatoms. The van der Waals surface area contributed by atoms with E-state index in [1.165, 1.54) is 14.2 Å². The van der Waals surface area contributed by atoms with E-state index in [9.17, 15) is 0 Å². The molecule has 1 aromatic heterocycles. The van der Waals surface area contributed by atoms with Crippen LogP contribution in [-0.4, -0.2) is 17.8 Å². The number of thiophene rings is 1. The number of aliphatic hydroxyl groups is 1. The molecule has 2 N–H and O–H groups in total. The van der Waals surface area contributed by atoms with Gasteiger partial charge in [0.2, 0.25) is 0 Å². The summed E-state index contributed by atoms with van der Waals surface area (Å²) in [6, 6.07) is 2.36. The molecule has 0 amide bonds. The van der Waals surface area contributed by atoms with Gasteiger partial charge in [0.15, 0.2) is 0 Å². The Morgan fingerprint density at radius 3 is 2.60 bits per heavy atom. The number of nitrogens with one attached hydrogen (secondary N) is 1. The van der Waals surface area contributed by atoms with Crippen LogP contribution in [0.25, 0.3) is 0 Å². The molecule has 0 saturated heterocycles. The second-order valence-electron chi connectivity index (χ2n) is 4.08. The van der Waals surface area contributed by atoms with Gasteiger partial charge in [0.25, 0.3) is 0 Å². The Bertz CT molecular complexity index is 292. The number of aliphatic hydroxyl groups excluding tert-OH is 1. The van der Waals surface area contributed by atoms with Crippen LogP contribution in [0.15, 0.2) is 9.85 Å². The number of hydrogen-bond acceptors (Lipinski definition) is 3. The second-order valence-corrected chi connectivity index (χ2v) is 6.54. The second kappa shape index (κ2) is 5.99. The van der Waals surface area contributed by atoms with Crippen LogP contribution in [0.4, 0.5) is 0 Å². The van der Waals surface area contributed by atoms with E-state index in [-0.39, 0.29) is 12.6 Å². The van der Waals surface area contributed by atoms with E-state index >= 15 is 0 Å². The Balaban J connectivity index is 2.49. The van der Waals surface area contributed by atoms with Crippen LogP contribution in [-0.2, 0) is 6.54 Å². The third-order valence-electron chi connectivity index (χ3n) is 2.45. The largest absolute Gasteiger partial charge is 0.395 e. The number of rotatable bonds is 5. The van der Waals surface area contributed by atoms with Crippen molar-refractivity contribution < 1.29 is 5.11 Å². The van der Waals surface area contributed by atoms with E-state index in [0.717, 1.165) is 6.54 Å². The van der Waals surface area contributed by atoms with Gasteiger partial charge in [0.05, 0.1) is 10.4 Å². The Labute approximate surface area is 104 Å². The van der Waals surface area contributed by atoms with Gasteiger partial charge >= 0.3 is 0 Å². The van der Waals surface area contributed by atoms with Crippen molar-refractivity contribution >= 4 is 27.3 Å². The van der Waals surface area contributed by atoms with E-state index < -0.39 is 0 Å². The molecule has 1 rings (SSSR count). The first kappa shape index (κ1) is 13.2. The highest BCUT2D eigenvalue weighted by Crippen LogP contribution is 2.27. The van der Waals surface area contributed by atoms with Crippen molar-refractivity contribution in [2.45, 2.75) is 33.4 Å². The van der Waals surface area contributed by atoms with E-state index in [0.29, 0.717) is 5.92 Å². The van der Waals surface area contributed by atoms with Crippen molar-refractivity contribution in [3.63, 3.8) is 0 Å². The first-order valence-corrected chi connectivity index (χ1v) is 6.74. The molecule has 0 aliphatic heterocycles. The summed E-state index contributed by atoms with van der Waals surface area (Å²) in [6.07, 6.45) is 0. The van der Waals surface area contributed by atoms with Gasteiger partial charge < -0.3 is 10.4 Å². The van der Waals surface area contributed by atoms with Gasteiger partial charge in [-0.1, -0.05) is 13.8 Å². The van der Waals surface area contributed by atoms with Crippen molar-refractivity contribution in [2.75, 3.05) is 6.61 Å². The molecule has 0 aliphatic rings. The molecule has 1 atom stereocenters. The maximum Gasteiger partial charge on any atom is 0.0730 e. The molecule has 1 heterocycles. The highest BCUT2D eigenvalue weighted by atomic mass is 79.9. The molecular weight excluding hydrogens is 274 g/mol. The highest BCUT2D eigenvalue weighted by Gasteiger charge is 2.11. The van der Waals surface area contributed by atoms with Crippen LogP contribution in [0.5, 0.6) is 0 Å². The summed E-state index contributed by atoms with van der Waals surface area (Å²) in [7, 11) is 0. The molecule has 2 nitrogen and oxygen atoms in total. The fourth-order valence-corrected chi connectivity index (χ4v) is 2.93. The minimum absolute atomic E-state index is 0.186. The third kappa shape index (κ3) is 3.87. The van der Waals surface area contributed by atoms with Crippen molar-refractivity contribution in [3.8, 4) is 0 Å². The van der Waals surface area contributed by atoms with E-state index in [1.807, 2.05) is 0 Å². The molecule has 15 heavy (non-hydrogen) atoms. The third-order valence-corrected chi connectivity index (χ3v) is 4.58. The molecule has 0 unspecified atom stereocenters. The lowest BCUT2D eigenvalue weighted by Gasteiger charge is -2.19. The molecule has 0 bridgehead atoms. The van der Waals surface area contributed by atoms with Gasteiger partial charge in [0.1, 0.15) is 0 Å². The molecule has 86 valence electrons. The van der Waals surface area contributed by atoms with E-state index in [4.69, 9.17) is 5.11 Å². The maximum absolute atomic E-state index is 9.17. The zero-order valence-corrected chi connectivity index (χ0v) is 11.8. The first-order chi connectivity index (χ1) is 7.04. The summed E-state index contributed by atoms with van der Waals surface area (Å²) < 4.78 is 1.20. The molecule has 0 radical (unpaired) electrons. The summed E-state index contributed by atoms with van der Waals surface area (Å²) in [5.41, 5.74) is 1.28. The average Bonchev–Trinajstić information content (AvgIpc) is 2.47. The van der Waals surface area contributed by atoms with Crippen molar-refractivity contribution in [2.24, 2.45) is 5.92 Å². The van der Waals surface area contributed by atoms with Crippen molar-refractivity contribution in [1.29, 1.82) is 0 Å². The van der Waals surface area contributed by atoms with Crippen LogP contribution in [0, 0.1) is 12.8 Å². The van der Waals surface area contributed by atoms with Gasteiger partial charge in [-0.15, -0.1) is 11.3 Å².